The highest BCUT2D eigenvalue weighted by Gasteiger charge is 2.16. The minimum absolute atomic E-state index is 0.223. The smallest absolute Gasteiger partial charge is 0.241 e. The van der Waals surface area contributed by atoms with E-state index in [1.807, 2.05) is 5.38 Å². The number of nitrogens with one attached hydrogen (secondary N) is 2. The van der Waals surface area contributed by atoms with Crippen LogP contribution in [0, 0.1) is 0 Å². The third-order valence-corrected chi connectivity index (χ3v) is 5.65. The lowest BCUT2D eigenvalue weighted by atomic mass is 10.4. The Labute approximate surface area is 127 Å². The second-order valence-corrected chi connectivity index (χ2v) is 8.07. The molecule has 0 spiro atoms. The number of sulfonamides is 1. The minimum Gasteiger partial charge on any atom is -0.310 e. The number of rotatable bonds is 7. The summed E-state index contributed by atoms with van der Waals surface area (Å²) in [5, 5.41) is 6.76. The van der Waals surface area contributed by atoms with E-state index in [1.54, 1.807) is 17.0 Å². The summed E-state index contributed by atoms with van der Waals surface area (Å²) < 4.78 is 26.8. The van der Waals surface area contributed by atoms with Gasteiger partial charge in [-0.25, -0.2) is 18.1 Å². The predicted octanol–water partition coefficient (Wildman–Crippen LogP) is 2.18. The number of nitrogens with zero attached hydrogens (tertiary/aromatic N) is 1. The molecule has 2 aromatic heterocycles. The van der Waals surface area contributed by atoms with E-state index in [2.05, 4.69) is 28.9 Å². The van der Waals surface area contributed by atoms with Crippen molar-refractivity contribution in [1.29, 1.82) is 0 Å². The molecule has 2 heterocycles. The molecule has 2 N–H and O–H groups in total. The van der Waals surface area contributed by atoms with Crippen LogP contribution in [0.1, 0.15) is 24.4 Å². The normalized spacial score (nSPS) is 12.2. The van der Waals surface area contributed by atoms with E-state index in [4.69, 9.17) is 0 Å². The molecule has 8 heteroatoms. The summed E-state index contributed by atoms with van der Waals surface area (Å²) in [6, 6.07) is 2.09. The number of hydrogen-bond acceptors (Lipinski definition) is 6. The van der Waals surface area contributed by atoms with Crippen LogP contribution in [-0.4, -0.2) is 19.4 Å². The fourth-order valence-corrected chi connectivity index (χ4v) is 4.26. The summed E-state index contributed by atoms with van der Waals surface area (Å²) in [6.45, 7) is 5.02. The van der Waals surface area contributed by atoms with Crippen LogP contribution in [-0.2, 0) is 23.1 Å². The highest BCUT2D eigenvalue weighted by molar-refractivity contribution is 7.89. The van der Waals surface area contributed by atoms with Crippen molar-refractivity contribution in [1.82, 2.24) is 15.0 Å². The average Bonchev–Trinajstić information content (AvgIpc) is 3.05. The topological polar surface area (TPSA) is 71.1 Å². The van der Waals surface area contributed by atoms with Crippen LogP contribution in [0.2, 0.25) is 0 Å². The number of thiophene rings is 1. The van der Waals surface area contributed by atoms with E-state index in [1.165, 1.54) is 22.7 Å². The van der Waals surface area contributed by atoms with Crippen molar-refractivity contribution in [3.8, 4) is 0 Å². The van der Waals surface area contributed by atoms with Crippen LogP contribution in [0.5, 0.6) is 0 Å². The molecule has 0 bridgehead atoms. The van der Waals surface area contributed by atoms with Crippen LogP contribution in [0.4, 0.5) is 0 Å². The first-order chi connectivity index (χ1) is 9.47. The van der Waals surface area contributed by atoms with Gasteiger partial charge in [0, 0.05) is 28.2 Å². The van der Waals surface area contributed by atoms with Gasteiger partial charge in [0.1, 0.15) is 0 Å². The zero-order valence-corrected chi connectivity index (χ0v) is 13.7. The van der Waals surface area contributed by atoms with Gasteiger partial charge >= 0.3 is 0 Å². The Morgan fingerprint density at radius 1 is 1.30 bits per heavy atom. The molecular weight excluding hydrogens is 314 g/mol. The fraction of sp³-hybridized carbons (Fsp3) is 0.417. The maximum Gasteiger partial charge on any atom is 0.241 e. The molecule has 0 amide bonds. The summed E-state index contributed by atoms with van der Waals surface area (Å²) in [6.07, 6.45) is 0. The predicted molar refractivity (Wildman–Crippen MR) is 82.4 cm³/mol. The van der Waals surface area contributed by atoms with Gasteiger partial charge in [0.25, 0.3) is 0 Å². The lowest BCUT2D eigenvalue weighted by Gasteiger charge is -2.05. The SMILES string of the molecule is CC(C)NCc1cc(S(=O)(=O)NCc2cscn2)cs1. The second-order valence-electron chi connectivity index (χ2n) is 4.59. The van der Waals surface area contributed by atoms with Gasteiger partial charge in [0.15, 0.2) is 0 Å². The maximum atomic E-state index is 12.1. The average molecular weight is 331 g/mol. The Bertz CT molecular complexity index is 633. The Morgan fingerprint density at radius 2 is 2.10 bits per heavy atom. The zero-order valence-electron chi connectivity index (χ0n) is 11.3. The molecule has 5 nitrogen and oxygen atoms in total. The molecule has 0 fully saturated rings. The Balaban J connectivity index is 1.98. The molecule has 2 rings (SSSR count). The first-order valence-corrected chi connectivity index (χ1v) is 9.45. The summed E-state index contributed by atoms with van der Waals surface area (Å²) in [7, 11) is -3.46. The van der Waals surface area contributed by atoms with Crippen LogP contribution in [0.3, 0.4) is 0 Å². The van der Waals surface area contributed by atoms with E-state index in [0.717, 1.165) is 10.6 Å². The van der Waals surface area contributed by atoms with E-state index in [9.17, 15) is 8.42 Å². The highest BCUT2D eigenvalue weighted by Crippen LogP contribution is 2.19. The first kappa shape index (κ1) is 15.6. The molecule has 0 saturated heterocycles. The molecule has 0 aliphatic carbocycles. The Hall–Kier alpha value is -0.800. The second kappa shape index (κ2) is 6.77. The van der Waals surface area contributed by atoms with Crippen molar-refractivity contribution in [2.45, 2.75) is 37.9 Å². The lowest BCUT2D eigenvalue weighted by Crippen LogP contribution is -2.23. The van der Waals surface area contributed by atoms with Gasteiger partial charge in [-0.3, -0.25) is 0 Å². The van der Waals surface area contributed by atoms with Crippen LogP contribution in [0.15, 0.2) is 27.2 Å². The maximum absolute atomic E-state index is 12.1. The van der Waals surface area contributed by atoms with Crippen LogP contribution >= 0.6 is 22.7 Å². The van der Waals surface area contributed by atoms with Gasteiger partial charge in [-0.2, -0.15) is 0 Å². The molecule has 0 saturated carbocycles. The van der Waals surface area contributed by atoms with Crippen molar-refractivity contribution < 1.29 is 8.42 Å². The van der Waals surface area contributed by atoms with Crippen LogP contribution in [0.25, 0.3) is 0 Å². The summed E-state index contributed by atoms with van der Waals surface area (Å²) in [5.41, 5.74) is 2.42. The third-order valence-electron chi connectivity index (χ3n) is 2.55. The van der Waals surface area contributed by atoms with Crippen molar-refractivity contribution >= 4 is 32.7 Å². The van der Waals surface area contributed by atoms with Gasteiger partial charge in [-0.15, -0.1) is 22.7 Å². The van der Waals surface area contributed by atoms with Crippen molar-refractivity contribution in [3.63, 3.8) is 0 Å². The number of thiazole rings is 1. The molecule has 0 unspecified atom stereocenters. The lowest BCUT2D eigenvalue weighted by molar-refractivity contribution is 0.580. The van der Waals surface area contributed by atoms with Gasteiger partial charge in [0.05, 0.1) is 22.6 Å². The summed E-state index contributed by atoms with van der Waals surface area (Å²) in [5.74, 6) is 0. The van der Waals surface area contributed by atoms with Crippen molar-refractivity contribution in [2.75, 3.05) is 0 Å². The monoisotopic (exact) mass is 331 g/mol. The molecular formula is C12H17N3O2S3. The fourth-order valence-electron chi connectivity index (χ4n) is 1.48. The zero-order chi connectivity index (χ0) is 14.6. The van der Waals surface area contributed by atoms with Gasteiger partial charge in [-0.05, 0) is 6.07 Å². The van der Waals surface area contributed by atoms with Crippen molar-refractivity contribution in [2.24, 2.45) is 0 Å². The third kappa shape index (κ3) is 4.35. The van der Waals surface area contributed by atoms with Gasteiger partial charge in [0.2, 0.25) is 10.0 Å². The van der Waals surface area contributed by atoms with Gasteiger partial charge in [-0.1, -0.05) is 13.8 Å². The summed E-state index contributed by atoms with van der Waals surface area (Å²) >= 11 is 2.89. The minimum atomic E-state index is -3.46. The molecule has 110 valence electrons. The molecule has 0 aliphatic heterocycles. The molecule has 2 aromatic rings. The molecule has 0 aromatic carbocycles. The Kier molecular flexibility index (Phi) is 5.28. The molecule has 0 atom stereocenters. The number of aromatic nitrogens is 1. The molecule has 0 aliphatic rings. The first-order valence-electron chi connectivity index (χ1n) is 6.15. The summed E-state index contributed by atoms with van der Waals surface area (Å²) in [4.78, 5) is 5.38. The van der Waals surface area contributed by atoms with E-state index >= 15 is 0 Å². The largest absolute Gasteiger partial charge is 0.310 e. The standard InChI is InChI=1S/C12H17N3O2S3/c1-9(2)13-5-11-3-12(7-19-11)20(16,17)15-4-10-6-18-8-14-10/h3,6-9,13,15H,4-5H2,1-2H3. The Morgan fingerprint density at radius 3 is 2.75 bits per heavy atom. The molecule has 20 heavy (non-hydrogen) atoms. The highest BCUT2D eigenvalue weighted by atomic mass is 32.2. The van der Waals surface area contributed by atoms with E-state index in [0.29, 0.717) is 17.5 Å². The molecule has 0 radical (unpaired) electrons. The quantitative estimate of drug-likeness (QED) is 0.816. The van der Waals surface area contributed by atoms with E-state index in [-0.39, 0.29) is 6.54 Å². The number of hydrogen-bond donors (Lipinski definition) is 2. The van der Waals surface area contributed by atoms with E-state index < -0.39 is 10.0 Å². The van der Waals surface area contributed by atoms with Crippen LogP contribution < -0.4 is 10.0 Å². The van der Waals surface area contributed by atoms with Gasteiger partial charge < -0.3 is 5.32 Å². The van der Waals surface area contributed by atoms with Crippen molar-refractivity contribution in [3.05, 3.63) is 32.9 Å².